The Bertz CT molecular complexity index is 1110. The van der Waals surface area contributed by atoms with Gasteiger partial charge in [0.1, 0.15) is 34.8 Å². The summed E-state index contributed by atoms with van der Waals surface area (Å²) in [6, 6.07) is 11.0. The zero-order valence-electron chi connectivity index (χ0n) is 13.5. The van der Waals surface area contributed by atoms with Crippen LogP contribution in [0.15, 0.2) is 33.6 Å². The number of hydrogen-bond acceptors (Lipinski definition) is 6. The number of benzene rings is 1. The number of hydrogen-bond donors (Lipinski definition) is 2. The molecule has 0 atom stereocenters. The van der Waals surface area contributed by atoms with Crippen LogP contribution >= 0.6 is 0 Å². The van der Waals surface area contributed by atoms with E-state index in [1.165, 1.54) is 0 Å². The largest absolute Gasteiger partial charge is 0.384 e. The number of H-pyrrole nitrogens is 1. The Morgan fingerprint density at radius 2 is 1.76 bits per heavy atom. The van der Waals surface area contributed by atoms with Gasteiger partial charge in [-0.25, -0.2) is 0 Å². The normalized spacial score (nSPS) is 10.2. The van der Waals surface area contributed by atoms with E-state index >= 15 is 0 Å². The van der Waals surface area contributed by atoms with Gasteiger partial charge in [-0.05, 0) is 31.0 Å². The van der Waals surface area contributed by atoms with Gasteiger partial charge in [0.15, 0.2) is 0 Å². The third kappa shape index (κ3) is 2.54. The molecule has 2 aromatic heterocycles. The Hall–Kier alpha value is -3.84. The highest BCUT2D eigenvalue weighted by Crippen LogP contribution is 2.33. The summed E-state index contributed by atoms with van der Waals surface area (Å²) >= 11 is 0. The molecule has 0 amide bonds. The Morgan fingerprint density at radius 1 is 1.12 bits per heavy atom. The lowest BCUT2D eigenvalue weighted by atomic mass is 9.93. The van der Waals surface area contributed by atoms with Crippen molar-refractivity contribution in [1.29, 1.82) is 10.5 Å². The molecular formula is C18H13N5O2. The number of aromatic nitrogens is 2. The van der Waals surface area contributed by atoms with Gasteiger partial charge in [-0.1, -0.05) is 23.4 Å². The van der Waals surface area contributed by atoms with Crippen LogP contribution in [0.5, 0.6) is 0 Å². The third-order valence-electron chi connectivity index (χ3n) is 3.94. The quantitative estimate of drug-likeness (QED) is 0.741. The number of pyridine rings is 1. The van der Waals surface area contributed by atoms with E-state index in [9.17, 15) is 15.3 Å². The van der Waals surface area contributed by atoms with Crippen LogP contribution in [-0.4, -0.2) is 10.1 Å². The number of aromatic amines is 1. The van der Waals surface area contributed by atoms with E-state index in [1.807, 2.05) is 25.1 Å². The van der Waals surface area contributed by atoms with Crippen molar-refractivity contribution in [1.82, 2.24) is 10.1 Å². The zero-order chi connectivity index (χ0) is 18.1. The van der Waals surface area contributed by atoms with Crippen molar-refractivity contribution in [2.75, 3.05) is 5.73 Å². The van der Waals surface area contributed by atoms with Crippen molar-refractivity contribution in [2.24, 2.45) is 0 Å². The number of rotatable bonds is 2. The maximum atomic E-state index is 12.1. The molecule has 0 aliphatic rings. The van der Waals surface area contributed by atoms with E-state index in [2.05, 4.69) is 10.1 Å². The molecule has 0 unspecified atom stereocenters. The summed E-state index contributed by atoms with van der Waals surface area (Å²) in [7, 11) is 0. The number of nitriles is 2. The van der Waals surface area contributed by atoms with E-state index in [-0.39, 0.29) is 22.5 Å². The lowest BCUT2D eigenvalue weighted by molar-refractivity contribution is 0.393. The smallest absolute Gasteiger partial charge is 0.268 e. The second kappa shape index (κ2) is 5.99. The summed E-state index contributed by atoms with van der Waals surface area (Å²) in [5.41, 5.74) is 8.17. The summed E-state index contributed by atoms with van der Waals surface area (Å²) in [5.74, 6) is 0.588. The number of nitrogen functional groups attached to an aromatic ring is 1. The molecule has 0 bridgehead atoms. The number of nitrogens with two attached hydrogens (primary N) is 1. The van der Waals surface area contributed by atoms with Gasteiger partial charge in [0.25, 0.3) is 5.56 Å². The maximum absolute atomic E-state index is 12.1. The van der Waals surface area contributed by atoms with Crippen LogP contribution < -0.4 is 11.3 Å². The molecule has 2 heterocycles. The van der Waals surface area contributed by atoms with Gasteiger partial charge in [-0.3, -0.25) is 4.79 Å². The van der Waals surface area contributed by atoms with E-state index in [4.69, 9.17) is 10.3 Å². The minimum absolute atomic E-state index is 0.0621. The van der Waals surface area contributed by atoms with Crippen LogP contribution in [-0.2, 0) is 0 Å². The summed E-state index contributed by atoms with van der Waals surface area (Å²) in [5, 5.41) is 22.7. The fourth-order valence-corrected chi connectivity index (χ4v) is 2.86. The van der Waals surface area contributed by atoms with Gasteiger partial charge >= 0.3 is 0 Å². The summed E-state index contributed by atoms with van der Waals surface area (Å²) in [6.45, 7) is 3.62. The van der Waals surface area contributed by atoms with Crippen LogP contribution in [0.2, 0.25) is 0 Å². The second-order valence-corrected chi connectivity index (χ2v) is 5.50. The van der Waals surface area contributed by atoms with Crippen molar-refractivity contribution in [3.8, 4) is 34.4 Å². The molecule has 1 aromatic carbocycles. The molecule has 0 aliphatic heterocycles. The molecule has 3 aromatic rings. The molecule has 7 heteroatoms. The van der Waals surface area contributed by atoms with Crippen LogP contribution in [0.4, 0.5) is 5.82 Å². The number of nitrogens with zero attached hydrogens (tertiary/aromatic N) is 3. The highest BCUT2D eigenvalue weighted by atomic mass is 16.5. The van der Waals surface area contributed by atoms with E-state index in [0.717, 1.165) is 16.8 Å². The average Bonchev–Trinajstić information content (AvgIpc) is 2.93. The molecule has 122 valence electrons. The van der Waals surface area contributed by atoms with E-state index in [0.29, 0.717) is 11.3 Å². The summed E-state index contributed by atoms with van der Waals surface area (Å²) in [6.07, 6.45) is 0. The fraction of sp³-hybridized carbons (Fsp3) is 0.111. The number of anilines is 1. The minimum atomic E-state index is -0.628. The minimum Gasteiger partial charge on any atom is -0.384 e. The number of aryl methyl sites for hydroxylation is 2. The molecule has 0 aliphatic carbocycles. The van der Waals surface area contributed by atoms with Crippen LogP contribution in [0.1, 0.15) is 22.6 Å². The van der Waals surface area contributed by atoms with Gasteiger partial charge in [0.2, 0.25) is 0 Å². The number of nitrogens with one attached hydrogen (secondary N) is 1. The van der Waals surface area contributed by atoms with E-state index in [1.54, 1.807) is 25.1 Å². The van der Waals surface area contributed by atoms with Crippen molar-refractivity contribution >= 4 is 5.82 Å². The van der Waals surface area contributed by atoms with Crippen LogP contribution in [0.25, 0.3) is 22.3 Å². The predicted molar refractivity (Wildman–Crippen MR) is 91.3 cm³/mol. The first kappa shape index (κ1) is 16.0. The molecule has 0 fully saturated rings. The molecule has 0 saturated carbocycles. The van der Waals surface area contributed by atoms with Crippen molar-refractivity contribution in [2.45, 2.75) is 13.8 Å². The molecule has 7 nitrogen and oxygen atoms in total. The third-order valence-corrected chi connectivity index (χ3v) is 3.94. The molecule has 0 spiro atoms. The Balaban J connectivity index is 2.34. The summed E-state index contributed by atoms with van der Waals surface area (Å²) in [4.78, 5) is 14.4. The SMILES string of the molecule is Cc1noc(C)c1-c1cccc(-c2c(C#N)c(N)[nH]c(=O)c2C#N)c1. The Morgan fingerprint density at radius 3 is 2.32 bits per heavy atom. The first-order valence-corrected chi connectivity index (χ1v) is 7.37. The fourth-order valence-electron chi connectivity index (χ4n) is 2.86. The highest BCUT2D eigenvalue weighted by Gasteiger charge is 2.19. The van der Waals surface area contributed by atoms with Crippen LogP contribution in [0.3, 0.4) is 0 Å². The molecule has 0 saturated heterocycles. The van der Waals surface area contributed by atoms with Gasteiger partial charge in [-0.15, -0.1) is 0 Å². The lowest BCUT2D eigenvalue weighted by Gasteiger charge is -2.10. The summed E-state index contributed by atoms with van der Waals surface area (Å²) < 4.78 is 5.19. The van der Waals surface area contributed by atoms with Gasteiger partial charge in [0, 0.05) is 11.1 Å². The van der Waals surface area contributed by atoms with Crippen molar-refractivity contribution < 1.29 is 4.52 Å². The first-order valence-electron chi connectivity index (χ1n) is 7.37. The lowest BCUT2D eigenvalue weighted by Crippen LogP contribution is -2.16. The van der Waals surface area contributed by atoms with Gasteiger partial charge in [-0.2, -0.15) is 10.5 Å². The van der Waals surface area contributed by atoms with Crippen molar-refractivity contribution in [3.63, 3.8) is 0 Å². The standard InChI is InChI=1S/C18H13N5O2/c1-9-15(10(2)25-23-9)11-4-3-5-12(6-11)16-13(7-19)17(21)22-18(24)14(16)8-20/h3-6H,1-2H3,(H3,21,22,24). The van der Waals surface area contributed by atoms with E-state index < -0.39 is 5.56 Å². The average molecular weight is 331 g/mol. The zero-order valence-corrected chi connectivity index (χ0v) is 13.5. The van der Waals surface area contributed by atoms with Gasteiger partial charge in [0.05, 0.1) is 5.69 Å². The molecule has 3 rings (SSSR count). The highest BCUT2D eigenvalue weighted by molar-refractivity contribution is 5.83. The molecule has 3 N–H and O–H groups in total. The molecule has 25 heavy (non-hydrogen) atoms. The first-order chi connectivity index (χ1) is 12.0. The van der Waals surface area contributed by atoms with Crippen molar-refractivity contribution in [3.05, 3.63) is 57.2 Å². The molecular weight excluding hydrogens is 318 g/mol. The monoisotopic (exact) mass is 331 g/mol. The Labute approximate surface area is 142 Å². The molecule has 0 radical (unpaired) electrons. The van der Waals surface area contributed by atoms with Crippen LogP contribution in [0, 0.1) is 36.5 Å². The second-order valence-electron chi connectivity index (χ2n) is 5.50. The maximum Gasteiger partial charge on any atom is 0.268 e. The van der Waals surface area contributed by atoms with Gasteiger partial charge < -0.3 is 15.2 Å². The Kier molecular flexibility index (Phi) is 3.84. The topological polar surface area (TPSA) is 132 Å². The predicted octanol–water partition coefficient (Wildman–Crippen LogP) is 2.64.